The predicted molar refractivity (Wildman–Crippen MR) is 85.9 cm³/mol. The minimum absolute atomic E-state index is 0.108. The first-order chi connectivity index (χ1) is 11.3. The van der Waals surface area contributed by atoms with E-state index < -0.39 is 23.3 Å². The summed E-state index contributed by atoms with van der Waals surface area (Å²) in [6.07, 6.45) is 0. The standard InChI is InChI=1S/C17H18F2N2O3/c1-17(23,11-6-4-3-5-7-11)10-20-16(22)21-14-8-13(19)15(24-2)9-12(14)18/h3-9,23H,10H2,1-2H3,(H2,20,21,22). The molecule has 0 fully saturated rings. The average Bonchev–Trinajstić information content (AvgIpc) is 2.57. The van der Waals surface area contributed by atoms with Crippen LogP contribution in [0.4, 0.5) is 19.3 Å². The molecule has 0 radical (unpaired) electrons. The largest absolute Gasteiger partial charge is 0.494 e. The molecular weight excluding hydrogens is 318 g/mol. The molecule has 0 aliphatic rings. The highest BCUT2D eigenvalue weighted by atomic mass is 19.1. The molecule has 5 nitrogen and oxygen atoms in total. The summed E-state index contributed by atoms with van der Waals surface area (Å²) in [4.78, 5) is 11.9. The minimum Gasteiger partial charge on any atom is -0.494 e. The zero-order valence-corrected chi connectivity index (χ0v) is 13.3. The van der Waals surface area contributed by atoms with Gasteiger partial charge in [-0.2, -0.15) is 0 Å². The van der Waals surface area contributed by atoms with Crippen molar-refractivity contribution in [2.45, 2.75) is 12.5 Å². The van der Waals surface area contributed by atoms with Crippen molar-refractivity contribution in [2.24, 2.45) is 0 Å². The van der Waals surface area contributed by atoms with E-state index in [-0.39, 0.29) is 18.0 Å². The second-order valence-electron chi connectivity index (χ2n) is 5.41. The van der Waals surface area contributed by atoms with Crippen LogP contribution in [0.3, 0.4) is 0 Å². The number of carbonyl (C=O) groups excluding carboxylic acids is 1. The van der Waals surface area contributed by atoms with E-state index >= 15 is 0 Å². The second kappa shape index (κ2) is 7.27. The maximum Gasteiger partial charge on any atom is 0.319 e. The van der Waals surface area contributed by atoms with Crippen molar-refractivity contribution in [3.05, 3.63) is 59.7 Å². The van der Waals surface area contributed by atoms with Crippen molar-refractivity contribution in [1.82, 2.24) is 5.32 Å². The van der Waals surface area contributed by atoms with Gasteiger partial charge in [-0.1, -0.05) is 30.3 Å². The van der Waals surface area contributed by atoms with E-state index in [1.54, 1.807) is 30.3 Å². The lowest BCUT2D eigenvalue weighted by Gasteiger charge is -2.24. The molecule has 2 aromatic carbocycles. The number of carbonyl (C=O) groups is 1. The summed E-state index contributed by atoms with van der Waals surface area (Å²) in [5, 5.41) is 15.0. The summed E-state index contributed by atoms with van der Waals surface area (Å²) in [5.41, 5.74) is -1.01. The molecule has 2 rings (SSSR count). The number of amides is 2. The molecule has 24 heavy (non-hydrogen) atoms. The Labute approximate surface area is 138 Å². The lowest BCUT2D eigenvalue weighted by atomic mass is 9.96. The third-order valence-electron chi connectivity index (χ3n) is 3.48. The molecule has 2 amide bonds. The Morgan fingerprint density at radius 2 is 1.88 bits per heavy atom. The fraction of sp³-hybridized carbons (Fsp3) is 0.235. The number of hydrogen-bond donors (Lipinski definition) is 3. The number of rotatable bonds is 5. The van der Waals surface area contributed by atoms with Gasteiger partial charge in [-0.15, -0.1) is 0 Å². The molecule has 0 aromatic heterocycles. The topological polar surface area (TPSA) is 70.6 Å². The Balaban J connectivity index is 2.00. The number of aliphatic hydroxyl groups is 1. The van der Waals surface area contributed by atoms with Gasteiger partial charge in [-0.25, -0.2) is 13.6 Å². The molecule has 0 saturated carbocycles. The molecule has 0 aliphatic carbocycles. The van der Waals surface area contributed by atoms with E-state index in [1.165, 1.54) is 14.0 Å². The van der Waals surface area contributed by atoms with Gasteiger partial charge in [0.2, 0.25) is 0 Å². The third kappa shape index (κ3) is 4.20. The van der Waals surface area contributed by atoms with Crippen LogP contribution in [0.1, 0.15) is 12.5 Å². The van der Waals surface area contributed by atoms with E-state index in [1.807, 2.05) is 0 Å². The number of urea groups is 1. The Kier molecular flexibility index (Phi) is 5.35. The molecular formula is C17H18F2N2O3. The predicted octanol–water partition coefficient (Wildman–Crippen LogP) is 3.00. The van der Waals surface area contributed by atoms with Crippen LogP contribution in [0.5, 0.6) is 5.75 Å². The molecule has 2 aromatic rings. The van der Waals surface area contributed by atoms with E-state index in [9.17, 15) is 18.7 Å². The highest BCUT2D eigenvalue weighted by Crippen LogP contribution is 2.24. The van der Waals surface area contributed by atoms with Crippen LogP contribution in [0.15, 0.2) is 42.5 Å². The van der Waals surface area contributed by atoms with Gasteiger partial charge in [0.1, 0.15) is 5.60 Å². The van der Waals surface area contributed by atoms with Gasteiger partial charge in [0.25, 0.3) is 0 Å². The molecule has 0 saturated heterocycles. The minimum atomic E-state index is -1.30. The number of methoxy groups -OCH3 is 1. The average molecular weight is 336 g/mol. The van der Waals surface area contributed by atoms with E-state index in [0.29, 0.717) is 5.56 Å². The summed E-state index contributed by atoms with van der Waals surface area (Å²) >= 11 is 0. The summed E-state index contributed by atoms with van der Waals surface area (Å²) in [6.45, 7) is 1.43. The number of ether oxygens (including phenoxy) is 1. The second-order valence-corrected chi connectivity index (χ2v) is 5.41. The maximum absolute atomic E-state index is 13.8. The van der Waals surface area contributed by atoms with Crippen LogP contribution in [0, 0.1) is 11.6 Å². The van der Waals surface area contributed by atoms with Crippen LogP contribution in [0.2, 0.25) is 0 Å². The van der Waals surface area contributed by atoms with Crippen LogP contribution in [-0.4, -0.2) is 24.8 Å². The number of benzene rings is 2. The molecule has 0 heterocycles. The quantitative estimate of drug-likeness (QED) is 0.786. The molecule has 1 atom stereocenters. The van der Waals surface area contributed by atoms with E-state index in [0.717, 1.165) is 12.1 Å². The fourth-order valence-corrected chi connectivity index (χ4v) is 2.10. The zero-order valence-electron chi connectivity index (χ0n) is 13.3. The Hall–Kier alpha value is -2.67. The van der Waals surface area contributed by atoms with Gasteiger partial charge in [-0.05, 0) is 12.5 Å². The lowest BCUT2D eigenvalue weighted by Crippen LogP contribution is -2.40. The summed E-state index contributed by atoms with van der Waals surface area (Å²) in [6, 6.07) is 9.67. The van der Waals surface area contributed by atoms with Crippen LogP contribution in [-0.2, 0) is 5.60 Å². The molecule has 0 bridgehead atoms. The highest BCUT2D eigenvalue weighted by molar-refractivity contribution is 5.89. The first-order valence-corrected chi connectivity index (χ1v) is 7.19. The summed E-state index contributed by atoms with van der Waals surface area (Å²) < 4.78 is 32.0. The SMILES string of the molecule is COc1cc(F)c(NC(=O)NCC(C)(O)c2ccccc2)cc1F. The van der Waals surface area contributed by atoms with Gasteiger partial charge < -0.3 is 20.5 Å². The van der Waals surface area contributed by atoms with Gasteiger partial charge in [0.05, 0.1) is 19.3 Å². The lowest BCUT2D eigenvalue weighted by molar-refractivity contribution is 0.0599. The van der Waals surface area contributed by atoms with Gasteiger partial charge in [0, 0.05) is 12.1 Å². The third-order valence-corrected chi connectivity index (χ3v) is 3.48. The number of hydrogen-bond acceptors (Lipinski definition) is 3. The van der Waals surface area contributed by atoms with Crippen molar-refractivity contribution in [3.8, 4) is 5.75 Å². The van der Waals surface area contributed by atoms with Gasteiger partial charge in [-0.3, -0.25) is 0 Å². The maximum atomic E-state index is 13.8. The monoisotopic (exact) mass is 336 g/mol. The summed E-state index contributed by atoms with van der Waals surface area (Å²) in [5.74, 6) is -1.89. The Bertz CT molecular complexity index is 721. The Morgan fingerprint density at radius 1 is 1.21 bits per heavy atom. The van der Waals surface area contributed by atoms with Crippen molar-refractivity contribution < 1.29 is 23.4 Å². The summed E-state index contributed by atoms with van der Waals surface area (Å²) in [7, 11) is 1.21. The number of nitrogens with one attached hydrogen (secondary N) is 2. The first kappa shape index (κ1) is 17.7. The number of halogens is 2. The van der Waals surface area contributed by atoms with E-state index in [4.69, 9.17) is 0 Å². The highest BCUT2D eigenvalue weighted by Gasteiger charge is 2.23. The van der Waals surface area contributed by atoms with Crippen molar-refractivity contribution >= 4 is 11.7 Å². The number of anilines is 1. The van der Waals surface area contributed by atoms with E-state index in [2.05, 4.69) is 15.4 Å². The van der Waals surface area contributed by atoms with Crippen molar-refractivity contribution in [1.29, 1.82) is 0 Å². The first-order valence-electron chi connectivity index (χ1n) is 7.19. The molecule has 1 unspecified atom stereocenters. The Morgan fingerprint density at radius 3 is 2.50 bits per heavy atom. The molecule has 128 valence electrons. The van der Waals surface area contributed by atoms with Crippen LogP contribution < -0.4 is 15.4 Å². The zero-order chi connectivity index (χ0) is 17.7. The van der Waals surface area contributed by atoms with Crippen LogP contribution >= 0.6 is 0 Å². The normalized spacial score (nSPS) is 13.0. The molecule has 7 heteroatoms. The van der Waals surface area contributed by atoms with Gasteiger partial charge in [0.15, 0.2) is 17.4 Å². The van der Waals surface area contributed by atoms with Gasteiger partial charge >= 0.3 is 6.03 Å². The fourth-order valence-electron chi connectivity index (χ4n) is 2.10. The smallest absolute Gasteiger partial charge is 0.319 e. The molecule has 0 spiro atoms. The molecule has 0 aliphatic heterocycles. The van der Waals surface area contributed by atoms with Crippen molar-refractivity contribution in [3.63, 3.8) is 0 Å². The van der Waals surface area contributed by atoms with Crippen LogP contribution in [0.25, 0.3) is 0 Å². The van der Waals surface area contributed by atoms with Crippen molar-refractivity contribution in [2.75, 3.05) is 19.0 Å². The molecule has 3 N–H and O–H groups in total.